The lowest BCUT2D eigenvalue weighted by Gasteiger charge is -2.42. The first-order chi connectivity index (χ1) is 10.0. The molecule has 3 rings (SSSR count). The first-order valence-corrected chi connectivity index (χ1v) is 7.98. The molecule has 0 radical (unpaired) electrons. The van der Waals surface area contributed by atoms with Gasteiger partial charge in [-0.3, -0.25) is 0 Å². The van der Waals surface area contributed by atoms with Crippen LogP contribution in [0.1, 0.15) is 24.0 Å². The Kier molecular flexibility index (Phi) is 3.59. The monoisotopic (exact) mass is 301 g/mol. The Bertz CT molecular complexity index is 656. The molecule has 0 spiro atoms. The van der Waals surface area contributed by atoms with Crippen molar-refractivity contribution in [3.8, 4) is 11.5 Å². The van der Waals surface area contributed by atoms with Crippen molar-refractivity contribution in [1.29, 1.82) is 0 Å². The summed E-state index contributed by atoms with van der Waals surface area (Å²) in [6, 6.07) is 12.9. The van der Waals surface area contributed by atoms with Crippen LogP contribution >= 0.6 is 11.8 Å². The first kappa shape index (κ1) is 14.3. The van der Waals surface area contributed by atoms with Gasteiger partial charge in [0.05, 0.1) is 0 Å². The number of phenolic OH excluding ortho intramolecular Hbond substituents is 2. The van der Waals surface area contributed by atoms with Gasteiger partial charge in [0.2, 0.25) is 0 Å². The molecule has 2 aromatic carbocycles. The van der Waals surface area contributed by atoms with E-state index in [1.54, 1.807) is 30.0 Å². The van der Waals surface area contributed by atoms with Crippen LogP contribution < -0.4 is 5.73 Å². The zero-order chi connectivity index (χ0) is 15.0. The summed E-state index contributed by atoms with van der Waals surface area (Å²) in [5.41, 5.74) is 8.37. The molecule has 0 aliphatic carbocycles. The summed E-state index contributed by atoms with van der Waals surface area (Å²) in [6.07, 6.45) is 0. The van der Waals surface area contributed by atoms with E-state index in [9.17, 15) is 10.2 Å². The van der Waals surface area contributed by atoms with Crippen molar-refractivity contribution >= 4 is 11.8 Å². The van der Waals surface area contributed by atoms with E-state index < -0.39 is 0 Å². The zero-order valence-corrected chi connectivity index (χ0v) is 12.7. The van der Waals surface area contributed by atoms with Crippen molar-refractivity contribution in [2.24, 2.45) is 5.73 Å². The highest BCUT2D eigenvalue weighted by Gasteiger charge is 2.40. The molecular formula is C17H19NO2S. The Morgan fingerprint density at radius 1 is 1.14 bits per heavy atom. The largest absolute Gasteiger partial charge is 0.508 e. The Morgan fingerprint density at radius 2 is 1.81 bits per heavy atom. The third kappa shape index (κ3) is 2.39. The molecule has 0 bridgehead atoms. The van der Waals surface area contributed by atoms with E-state index in [0.717, 1.165) is 10.6 Å². The van der Waals surface area contributed by atoms with Gasteiger partial charge in [-0.25, -0.2) is 0 Å². The van der Waals surface area contributed by atoms with Gasteiger partial charge < -0.3 is 15.9 Å². The van der Waals surface area contributed by atoms with Crippen molar-refractivity contribution in [3.63, 3.8) is 0 Å². The maximum absolute atomic E-state index is 9.65. The lowest BCUT2D eigenvalue weighted by molar-refractivity contribution is 0.410. The highest BCUT2D eigenvalue weighted by Crippen LogP contribution is 2.50. The van der Waals surface area contributed by atoms with Crippen molar-refractivity contribution in [3.05, 3.63) is 53.6 Å². The van der Waals surface area contributed by atoms with Crippen molar-refractivity contribution in [2.75, 3.05) is 12.3 Å². The van der Waals surface area contributed by atoms with E-state index in [-0.39, 0.29) is 17.1 Å². The van der Waals surface area contributed by atoms with E-state index >= 15 is 0 Å². The summed E-state index contributed by atoms with van der Waals surface area (Å²) in [5, 5.41) is 19.1. The number of fused-ring (bicyclic) bond motifs is 1. The number of hydrogen-bond donors (Lipinski definition) is 3. The molecule has 0 fully saturated rings. The highest BCUT2D eigenvalue weighted by atomic mass is 32.2. The Labute approximate surface area is 128 Å². The van der Waals surface area contributed by atoms with Crippen LogP contribution in [0.4, 0.5) is 0 Å². The summed E-state index contributed by atoms with van der Waals surface area (Å²) in [5.74, 6) is 1.67. The molecule has 1 heterocycles. The van der Waals surface area contributed by atoms with Crippen molar-refractivity contribution < 1.29 is 10.2 Å². The molecule has 3 nitrogen and oxygen atoms in total. The standard InChI is InChI=1S/C17H19NO2S/c1-17(11-2-4-12(19)5-3-11)10-21-16-8-13(20)6-7-14(16)15(17)9-18/h2-8,15,19-20H,9-10,18H2,1H3/t15?,17-/m1/s1. The molecule has 0 amide bonds. The number of hydrogen-bond acceptors (Lipinski definition) is 4. The Hall–Kier alpha value is -1.65. The van der Waals surface area contributed by atoms with Crippen LogP contribution in [0.15, 0.2) is 47.4 Å². The lowest BCUT2D eigenvalue weighted by Crippen LogP contribution is -2.39. The van der Waals surface area contributed by atoms with Gasteiger partial charge >= 0.3 is 0 Å². The summed E-state index contributed by atoms with van der Waals surface area (Å²) < 4.78 is 0. The second-order valence-corrected chi connectivity index (χ2v) is 6.78. The highest BCUT2D eigenvalue weighted by molar-refractivity contribution is 7.99. The predicted molar refractivity (Wildman–Crippen MR) is 86.1 cm³/mol. The van der Waals surface area contributed by atoms with Crippen LogP contribution in [0, 0.1) is 0 Å². The molecule has 1 unspecified atom stereocenters. The quantitative estimate of drug-likeness (QED) is 0.797. The molecule has 0 saturated carbocycles. The van der Waals surface area contributed by atoms with Gasteiger partial charge in [0, 0.05) is 28.5 Å². The minimum atomic E-state index is -0.0862. The summed E-state index contributed by atoms with van der Waals surface area (Å²) in [6.45, 7) is 2.77. The molecule has 4 N–H and O–H groups in total. The fourth-order valence-electron chi connectivity index (χ4n) is 3.12. The molecule has 21 heavy (non-hydrogen) atoms. The SMILES string of the molecule is C[C@]1(c2ccc(O)cc2)CSc2cc(O)ccc2C1CN. The number of thioether (sulfide) groups is 1. The number of nitrogens with two attached hydrogens (primary N) is 1. The topological polar surface area (TPSA) is 66.5 Å². The van der Waals surface area contributed by atoms with Gasteiger partial charge in [0.15, 0.2) is 0 Å². The average molecular weight is 301 g/mol. The Morgan fingerprint density at radius 3 is 2.48 bits per heavy atom. The first-order valence-electron chi connectivity index (χ1n) is 7.00. The molecule has 1 aliphatic rings. The van der Waals surface area contributed by atoms with Crippen LogP contribution in [-0.4, -0.2) is 22.5 Å². The normalized spacial score (nSPS) is 24.6. The second kappa shape index (κ2) is 5.28. The maximum Gasteiger partial charge on any atom is 0.116 e. The van der Waals surface area contributed by atoms with E-state index in [1.807, 2.05) is 24.3 Å². The van der Waals surface area contributed by atoms with Gasteiger partial charge in [-0.05, 0) is 35.4 Å². The van der Waals surface area contributed by atoms with E-state index in [2.05, 4.69) is 6.92 Å². The maximum atomic E-state index is 9.65. The number of rotatable bonds is 2. The van der Waals surface area contributed by atoms with E-state index in [0.29, 0.717) is 12.3 Å². The fourth-order valence-corrected chi connectivity index (χ4v) is 4.53. The van der Waals surface area contributed by atoms with Crippen LogP contribution in [-0.2, 0) is 5.41 Å². The van der Waals surface area contributed by atoms with E-state index in [1.165, 1.54) is 11.1 Å². The molecule has 1 aliphatic heterocycles. The van der Waals surface area contributed by atoms with E-state index in [4.69, 9.17) is 5.73 Å². The van der Waals surface area contributed by atoms with Gasteiger partial charge in [0.1, 0.15) is 11.5 Å². The molecule has 110 valence electrons. The third-order valence-electron chi connectivity index (χ3n) is 4.43. The van der Waals surface area contributed by atoms with Crippen LogP contribution in [0.3, 0.4) is 0 Å². The van der Waals surface area contributed by atoms with Gasteiger partial charge in [0.25, 0.3) is 0 Å². The minimum absolute atomic E-state index is 0.0862. The van der Waals surface area contributed by atoms with Crippen molar-refractivity contribution in [2.45, 2.75) is 23.2 Å². The van der Waals surface area contributed by atoms with Crippen LogP contribution in [0.5, 0.6) is 11.5 Å². The molecule has 4 heteroatoms. The Balaban J connectivity index is 2.07. The van der Waals surface area contributed by atoms with Crippen molar-refractivity contribution in [1.82, 2.24) is 0 Å². The summed E-state index contributed by atoms with van der Waals surface area (Å²) in [4.78, 5) is 1.11. The fraction of sp³-hybridized carbons (Fsp3) is 0.294. The molecule has 0 saturated heterocycles. The smallest absolute Gasteiger partial charge is 0.116 e. The molecule has 2 aromatic rings. The number of aromatic hydroxyl groups is 2. The van der Waals surface area contributed by atoms with Gasteiger partial charge in [-0.1, -0.05) is 25.1 Å². The number of phenols is 2. The summed E-state index contributed by atoms with van der Waals surface area (Å²) in [7, 11) is 0. The minimum Gasteiger partial charge on any atom is -0.508 e. The van der Waals surface area contributed by atoms with Crippen LogP contribution in [0.2, 0.25) is 0 Å². The third-order valence-corrected chi connectivity index (χ3v) is 5.84. The lowest BCUT2D eigenvalue weighted by atomic mass is 9.70. The zero-order valence-electron chi connectivity index (χ0n) is 11.9. The van der Waals surface area contributed by atoms with Gasteiger partial charge in [-0.15, -0.1) is 11.8 Å². The summed E-state index contributed by atoms with van der Waals surface area (Å²) >= 11 is 1.75. The average Bonchev–Trinajstić information content (AvgIpc) is 2.48. The predicted octanol–water partition coefficient (Wildman–Crippen LogP) is 3.20. The second-order valence-electron chi connectivity index (χ2n) is 5.76. The molecule has 2 atom stereocenters. The molecule has 0 aromatic heterocycles. The van der Waals surface area contributed by atoms with Gasteiger partial charge in [-0.2, -0.15) is 0 Å². The molecular weight excluding hydrogens is 282 g/mol. The van der Waals surface area contributed by atoms with Crippen LogP contribution in [0.25, 0.3) is 0 Å². The number of benzene rings is 2.